The molecule has 1 atom stereocenters. The molecular formula is C54H98O6. The second-order valence-corrected chi connectivity index (χ2v) is 17.4. The minimum absolute atomic E-state index is 0.0694. The molecule has 0 radical (unpaired) electrons. The monoisotopic (exact) mass is 843 g/mol. The molecule has 0 fully saturated rings. The van der Waals surface area contributed by atoms with Gasteiger partial charge in [0.15, 0.2) is 6.10 Å². The van der Waals surface area contributed by atoms with Crippen LogP contribution < -0.4 is 0 Å². The molecule has 0 saturated carbocycles. The largest absolute Gasteiger partial charge is 0.462 e. The molecule has 0 spiro atoms. The third-order valence-corrected chi connectivity index (χ3v) is 11.4. The van der Waals surface area contributed by atoms with Gasteiger partial charge in [-0.2, -0.15) is 0 Å². The molecule has 0 N–H and O–H groups in total. The molecule has 6 nitrogen and oxygen atoms in total. The molecule has 60 heavy (non-hydrogen) atoms. The smallest absolute Gasteiger partial charge is 0.306 e. The van der Waals surface area contributed by atoms with Gasteiger partial charge in [-0.05, 0) is 51.4 Å². The molecule has 0 rings (SSSR count). The van der Waals surface area contributed by atoms with Crippen LogP contribution in [-0.2, 0) is 28.6 Å². The highest BCUT2D eigenvalue weighted by molar-refractivity contribution is 5.71. The number of carbonyl (C=O) groups excluding carboxylic acids is 3. The highest BCUT2D eigenvalue weighted by Gasteiger charge is 2.19. The van der Waals surface area contributed by atoms with Crippen molar-refractivity contribution in [2.75, 3.05) is 13.2 Å². The molecule has 0 amide bonds. The van der Waals surface area contributed by atoms with Gasteiger partial charge >= 0.3 is 17.9 Å². The fourth-order valence-corrected chi connectivity index (χ4v) is 7.52. The summed E-state index contributed by atoms with van der Waals surface area (Å²) in [5, 5.41) is 0. The molecule has 0 aliphatic carbocycles. The Kier molecular flexibility index (Phi) is 47.3. The summed E-state index contributed by atoms with van der Waals surface area (Å²) in [6.45, 7) is 6.54. The molecule has 0 heterocycles. The predicted octanol–water partition coefficient (Wildman–Crippen LogP) is 16.9. The average molecular weight is 843 g/mol. The van der Waals surface area contributed by atoms with Crippen molar-refractivity contribution in [2.24, 2.45) is 0 Å². The number of rotatable bonds is 47. The Hall–Kier alpha value is -2.37. The van der Waals surface area contributed by atoms with Crippen molar-refractivity contribution in [1.29, 1.82) is 0 Å². The van der Waals surface area contributed by atoms with E-state index in [0.717, 1.165) is 77.0 Å². The fourth-order valence-electron chi connectivity index (χ4n) is 7.52. The Labute approximate surface area is 372 Å². The van der Waals surface area contributed by atoms with Gasteiger partial charge in [0.2, 0.25) is 0 Å². The van der Waals surface area contributed by atoms with Gasteiger partial charge in [-0.15, -0.1) is 0 Å². The standard InChI is InChI=1S/C54H98O6/c1-4-7-10-13-16-19-22-24-25-26-27-28-29-30-33-35-38-41-44-47-53(56)59-50-51(49-58-52(55)46-43-40-37-34-31-21-18-15-12-9-6-3)60-54(57)48-45-42-39-36-32-23-20-17-14-11-8-5-2/h7,10,16,19,24-25,51H,4-6,8-9,11-15,17-18,20-23,26-50H2,1-3H3/b10-7-,19-16-,25-24-. The lowest BCUT2D eigenvalue weighted by Crippen LogP contribution is -2.30. The molecule has 0 aromatic rings. The Balaban J connectivity index is 4.29. The first-order chi connectivity index (χ1) is 29.5. The summed E-state index contributed by atoms with van der Waals surface area (Å²) in [5.74, 6) is -0.865. The van der Waals surface area contributed by atoms with E-state index in [1.165, 1.54) is 154 Å². The molecule has 6 heteroatoms. The van der Waals surface area contributed by atoms with Crippen molar-refractivity contribution in [3.63, 3.8) is 0 Å². The van der Waals surface area contributed by atoms with Crippen LogP contribution in [0.25, 0.3) is 0 Å². The molecule has 350 valence electrons. The number of unbranched alkanes of at least 4 members (excludes halogenated alkanes) is 30. The van der Waals surface area contributed by atoms with Crippen molar-refractivity contribution in [3.8, 4) is 0 Å². The van der Waals surface area contributed by atoms with Gasteiger partial charge in [0, 0.05) is 19.3 Å². The highest BCUT2D eigenvalue weighted by atomic mass is 16.6. The summed E-state index contributed by atoms with van der Waals surface area (Å²) in [7, 11) is 0. The van der Waals surface area contributed by atoms with Crippen LogP contribution in [0.2, 0.25) is 0 Å². The van der Waals surface area contributed by atoms with Crippen LogP contribution in [0.15, 0.2) is 36.5 Å². The summed E-state index contributed by atoms with van der Waals surface area (Å²) >= 11 is 0. The minimum atomic E-state index is -0.767. The van der Waals surface area contributed by atoms with Gasteiger partial charge < -0.3 is 14.2 Å². The van der Waals surface area contributed by atoms with Crippen molar-refractivity contribution >= 4 is 17.9 Å². The predicted molar refractivity (Wildman–Crippen MR) is 256 cm³/mol. The zero-order valence-corrected chi connectivity index (χ0v) is 40.0. The summed E-state index contributed by atoms with van der Waals surface area (Å²) in [6.07, 6.45) is 57.0. The Morgan fingerprint density at radius 2 is 0.650 bits per heavy atom. The molecule has 0 aromatic heterocycles. The van der Waals surface area contributed by atoms with Gasteiger partial charge in [-0.3, -0.25) is 14.4 Å². The molecule has 0 bridgehead atoms. The van der Waals surface area contributed by atoms with Crippen LogP contribution in [0.3, 0.4) is 0 Å². The first-order valence-electron chi connectivity index (χ1n) is 26.0. The second-order valence-electron chi connectivity index (χ2n) is 17.4. The first kappa shape index (κ1) is 57.6. The zero-order chi connectivity index (χ0) is 43.7. The lowest BCUT2D eigenvalue weighted by Gasteiger charge is -2.18. The third-order valence-electron chi connectivity index (χ3n) is 11.4. The lowest BCUT2D eigenvalue weighted by atomic mass is 10.0. The fraction of sp³-hybridized carbons (Fsp3) is 0.833. The Morgan fingerprint density at radius 3 is 1.02 bits per heavy atom. The van der Waals surface area contributed by atoms with E-state index < -0.39 is 6.10 Å². The SMILES string of the molecule is CC/C=C\C/C=C\C/C=C\CCCCCCCCCCCC(=O)OCC(COC(=O)CCCCCCCCCCCCC)OC(=O)CCCCCCCCCCCCCC. The average Bonchev–Trinajstić information content (AvgIpc) is 3.24. The van der Waals surface area contributed by atoms with E-state index in [2.05, 4.69) is 57.2 Å². The molecular weight excluding hydrogens is 745 g/mol. The van der Waals surface area contributed by atoms with Crippen LogP contribution in [-0.4, -0.2) is 37.2 Å². The van der Waals surface area contributed by atoms with E-state index in [1.54, 1.807) is 0 Å². The maximum Gasteiger partial charge on any atom is 0.306 e. The van der Waals surface area contributed by atoms with Crippen LogP contribution in [0.5, 0.6) is 0 Å². The number of esters is 3. The molecule has 0 aromatic carbocycles. The molecule has 0 saturated heterocycles. The van der Waals surface area contributed by atoms with Crippen molar-refractivity contribution in [1.82, 2.24) is 0 Å². The summed E-state index contributed by atoms with van der Waals surface area (Å²) in [4.78, 5) is 37.9. The van der Waals surface area contributed by atoms with Gasteiger partial charge in [-0.1, -0.05) is 237 Å². The topological polar surface area (TPSA) is 78.9 Å². The van der Waals surface area contributed by atoms with E-state index in [0.29, 0.717) is 19.3 Å². The zero-order valence-electron chi connectivity index (χ0n) is 40.0. The van der Waals surface area contributed by atoms with Gasteiger partial charge in [0.1, 0.15) is 13.2 Å². The minimum Gasteiger partial charge on any atom is -0.462 e. The van der Waals surface area contributed by atoms with E-state index in [-0.39, 0.29) is 31.1 Å². The number of allylic oxidation sites excluding steroid dienone is 6. The van der Waals surface area contributed by atoms with E-state index in [9.17, 15) is 14.4 Å². The number of carbonyl (C=O) groups is 3. The summed E-state index contributed by atoms with van der Waals surface area (Å²) in [6, 6.07) is 0. The summed E-state index contributed by atoms with van der Waals surface area (Å²) in [5.41, 5.74) is 0. The van der Waals surface area contributed by atoms with E-state index in [1.807, 2.05) is 0 Å². The van der Waals surface area contributed by atoms with Gasteiger partial charge in [-0.25, -0.2) is 0 Å². The van der Waals surface area contributed by atoms with Gasteiger partial charge in [0.05, 0.1) is 0 Å². The normalized spacial score (nSPS) is 12.2. The maximum atomic E-state index is 12.8. The maximum absolute atomic E-state index is 12.8. The van der Waals surface area contributed by atoms with Crippen LogP contribution in [0, 0.1) is 0 Å². The van der Waals surface area contributed by atoms with Crippen molar-refractivity contribution in [3.05, 3.63) is 36.5 Å². The van der Waals surface area contributed by atoms with E-state index >= 15 is 0 Å². The molecule has 0 aliphatic rings. The van der Waals surface area contributed by atoms with Crippen LogP contribution in [0.4, 0.5) is 0 Å². The second kappa shape index (κ2) is 49.3. The molecule has 1 unspecified atom stereocenters. The van der Waals surface area contributed by atoms with E-state index in [4.69, 9.17) is 14.2 Å². The quantitative estimate of drug-likeness (QED) is 0.0263. The number of hydrogen-bond donors (Lipinski definition) is 0. The van der Waals surface area contributed by atoms with Crippen LogP contribution in [0.1, 0.15) is 271 Å². The lowest BCUT2D eigenvalue weighted by molar-refractivity contribution is -0.167. The summed E-state index contributed by atoms with van der Waals surface area (Å²) < 4.78 is 16.8. The van der Waals surface area contributed by atoms with Gasteiger partial charge in [0.25, 0.3) is 0 Å². The highest BCUT2D eigenvalue weighted by Crippen LogP contribution is 2.16. The Bertz CT molecular complexity index is 1020. The van der Waals surface area contributed by atoms with Crippen molar-refractivity contribution < 1.29 is 28.6 Å². The third kappa shape index (κ3) is 46.7. The van der Waals surface area contributed by atoms with Crippen molar-refractivity contribution in [2.45, 2.75) is 277 Å². The Morgan fingerprint density at radius 1 is 0.350 bits per heavy atom. The number of ether oxygens (including phenoxy) is 3. The molecule has 0 aliphatic heterocycles. The first-order valence-corrected chi connectivity index (χ1v) is 26.0. The van der Waals surface area contributed by atoms with Crippen LogP contribution >= 0.6 is 0 Å². The number of hydrogen-bond acceptors (Lipinski definition) is 6.